The molecule has 3 rings (SSSR count). The predicted octanol–water partition coefficient (Wildman–Crippen LogP) is 5.47. The maximum Gasteiger partial charge on any atom is 0.266 e. The van der Waals surface area contributed by atoms with Gasteiger partial charge in [0.15, 0.2) is 11.5 Å². The van der Waals surface area contributed by atoms with Crippen molar-refractivity contribution in [1.29, 1.82) is 5.26 Å². The number of carbonyl (C=O) groups is 1. The second-order valence-electron chi connectivity index (χ2n) is 6.29. The number of anilines is 1. The molecule has 1 N–H and O–H groups in total. The number of methoxy groups -OCH3 is 1. The van der Waals surface area contributed by atoms with E-state index >= 15 is 0 Å². The van der Waals surface area contributed by atoms with Crippen molar-refractivity contribution < 1.29 is 14.3 Å². The number of hydrogen-bond donors (Lipinski definition) is 1. The van der Waals surface area contributed by atoms with E-state index in [-0.39, 0.29) is 12.2 Å². The van der Waals surface area contributed by atoms with Gasteiger partial charge in [0, 0.05) is 16.3 Å². The van der Waals surface area contributed by atoms with E-state index in [0.29, 0.717) is 27.8 Å². The third-order valence-corrected chi connectivity index (χ3v) is 4.43. The van der Waals surface area contributed by atoms with Crippen LogP contribution in [0.1, 0.15) is 11.1 Å². The van der Waals surface area contributed by atoms with E-state index in [1.54, 1.807) is 54.6 Å². The van der Waals surface area contributed by atoms with Crippen LogP contribution in [0.4, 0.5) is 5.69 Å². The number of ether oxygens (including phenoxy) is 2. The Bertz CT molecular complexity index is 1100. The van der Waals surface area contributed by atoms with E-state index in [4.69, 9.17) is 21.1 Å². The van der Waals surface area contributed by atoms with Crippen molar-refractivity contribution >= 4 is 29.3 Å². The smallest absolute Gasteiger partial charge is 0.266 e. The summed E-state index contributed by atoms with van der Waals surface area (Å²) in [6, 6.07) is 23.5. The summed E-state index contributed by atoms with van der Waals surface area (Å²) in [6.07, 6.45) is 1.48. The molecule has 0 saturated heterocycles. The highest BCUT2D eigenvalue weighted by Gasteiger charge is 2.14. The molecule has 0 spiro atoms. The summed E-state index contributed by atoms with van der Waals surface area (Å²) in [4.78, 5) is 12.5. The standard InChI is InChI=1S/C24H19ClN2O3/c1-29-22-12-6-8-18(23(22)30-16-17-7-5-9-20(25)13-17)14-19(15-26)24(28)27-21-10-3-2-4-11-21/h2-14H,16H2,1H3,(H,27,28)/b19-14+. The highest BCUT2D eigenvalue weighted by atomic mass is 35.5. The van der Waals surface area contributed by atoms with Crippen molar-refractivity contribution in [2.24, 2.45) is 0 Å². The first-order chi connectivity index (χ1) is 14.6. The molecule has 5 nitrogen and oxygen atoms in total. The van der Waals surface area contributed by atoms with Crippen molar-refractivity contribution in [3.8, 4) is 17.6 Å². The lowest BCUT2D eigenvalue weighted by atomic mass is 10.1. The third kappa shape index (κ3) is 5.40. The summed E-state index contributed by atoms with van der Waals surface area (Å²) in [5.74, 6) is 0.416. The van der Waals surface area contributed by atoms with Crippen LogP contribution in [0.5, 0.6) is 11.5 Å². The van der Waals surface area contributed by atoms with Gasteiger partial charge in [0.2, 0.25) is 0 Å². The lowest BCUT2D eigenvalue weighted by Crippen LogP contribution is -2.13. The van der Waals surface area contributed by atoms with E-state index in [1.807, 2.05) is 24.3 Å². The Morgan fingerprint density at radius 3 is 2.57 bits per heavy atom. The Labute approximate surface area is 180 Å². The monoisotopic (exact) mass is 418 g/mol. The first-order valence-electron chi connectivity index (χ1n) is 9.13. The van der Waals surface area contributed by atoms with Crippen molar-refractivity contribution in [3.05, 3.63) is 94.5 Å². The van der Waals surface area contributed by atoms with Gasteiger partial charge in [-0.3, -0.25) is 4.79 Å². The number of nitrogens with one attached hydrogen (secondary N) is 1. The zero-order chi connectivity index (χ0) is 21.3. The fourth-order valence-electron chi connectivity index (χ4n) is 2.77. The molecule has 0 aliphatic heterocycles. The average molecular weight is 419 g/mol. The van der Waals surface area contributed by atoms with Gasteiger partial charge in [0.1, 0.15) is 18.2 Å². The first kappa shape index (κ1) is 21.0. The summed E-state index contributed by atoms with van der Waals surface area (Å²) in [7, 11) is 1.53. The highest BCUT2D eigenvalue weighted by Crippen LogP contribution is 2.33. The molecule has 0 fully saturated rings. The molecule has 150 valence electrons. The molecule has 6 heteroatoms. The average Bonchev–Trinajstić information content (AvgIpc) is 2.76. The van der Waals surface area contributed by atoms with Crippen LogP contribution in [-0.2, 0) is 11.4 Å². The summed E-state index contributed by atoms with van der Waals surface area (Å²) in [6.45, 7) is 0.250. The van der Waals surface area contributed by atoms with Crippen LogP contribution in [0.2, 0.25) is 5.02 Å². The highest BCUT2D eigenvalue weighted by molar-refractivity contribution is 6.30. The van der Waals surface area contributed by atoms with Gasteiger partial charge in [0.25, 0.3) is 5.91 Å². The minimum absolute atomic E-state index is 0.0558. The predicted molar refractivity (Wildman–Crippen MR) is 117 cm³/mol. The van der Waals surface area contributed by atoms with Gasteiger partial charge in [-0.15, -0.1) is 0 Å². The van der Waals surface area contributed by atoms with Crippen molar-refractivity contribution in [1.82, 2.24) is 0 Å². The number of benzene rings is 3. The number of hydrogen-bond acceptors (Lipinski definition) is 4. The van der Waals surface area contributed by atoms with Gasteiger partial charge in [0.05, 0.1) is 7.11 Å². The third-order valence-electron chi connectivity index (χ3n) is 4.20. The number of amides is 1. The van der Waals surface area contributed by atoms with Gasteiger partial charge < -0.3 is 14.8 Å². The minimum Gasteiger partial charge on any atom is -0.493 e. The zero-order valence-electron chi connectivity index (χ0n) is 16.3. The van der Waals surface area contributed by atoms with Crippen LogP contribution in [0.15, 0.2) is 78.4 Å². The Balaban J connectivity index is 1.88. The molecule has 0 bridgehead atoms. The lowest BCUT2D eigenvalue weighted by molar-refractivity contribution is -0.112. The Hall–Kier alpha value is -3.75. The molecule has 0 atom stereocenters. The quantitative estimate of drug-likeness (QED) is 0.407. The van der Waals surface area contributed by atoms with Crippen LogP contribution in [-0.4, -0.2) is 13.0 Å². The Morgan fingerprint density at radius 2 is 1.87 bits per heavy atom. The van der Waals surface area contributed by atoms with Gasteiger partial charge in [-0.2, -0.15) is 5.26 Å². The molecule has 1 amide bonds. The van der Waals surface area contributed by atoms with Crippen LogP contribution in [0, 0.1) is 11.3 Å². The van der Waals surface area contributed by atoms with Crippen molar-refractivity contribution in [2.45, 2.75) is 6.61 Å². The van der Waals surface area contributed by atoms with Gasteiger partial charge in [-0.1, -0.05) is 54.1 Å². The number of carbonyl (C=O) groups excluding carboxylic acids is 1. The molecule has 0 aliphatic carbocycles. The molecule has 0 unspecified atom stereocenters. The molecule has 0 saturated carbocycles. The van der Waals surface area contributed by atoms with Crippen molar-refractivity contribution in [3.63, 3.8) is 0 Å². The number of rotatable bonds is 7. The molecule has 0 aromatic heterocycles. The zero-order valence-corrected chi connectivity index (χ0v) is 17.0. The number of nitrogens with zero attached hydrogens (tertiary/aromatic N) is 1. The Kier molecular flexibility index (Phi) is 7.09. The summed E-state index contributed by atoms with van der Waals surface area (Å²) in [5, 5.41) is 12.8. The van der Waals surface area contributed by atoms with Crippen LogP contribution < -0.4 is 14.8 Å². The maximum absolute atomic E-state index is 12.5. The largest absolute Gasteiger partial charge is 0.493 e. The van der Waals surface area contributed by atoms with Gasteiger partial charge >= 0.3 is 0 Å². The molecule has 0 aliphatic rings. The summed E-state index contributed by atoms with van der Waals surface area (Å²) in [5.41, 5.74) is 1.98. The van der Waals surface area contributed by atoms with E-state index in [1.165, 1.54) is 13.2 Å². The molecular formula is C24H19ClN2O3. The van der Waals surface area contributed by atoms with Crippen LogP contribution in [0.3, 0.4) is 0 Å². The summed E-state index contributed by atoms with van der Waals surface area (Å²) >= 11 is 6.04. The topological polar surface area (TPSA) is 71.3 Å². The second kappa shape index (κ2) is 10.1. The lowest BCUT2D eigenvalue weighted by Gasteiger charge is -2.14. The number of halogens is 1. The van der Waals surface area contributed by atoms with Crippen LogP contribution >= 0.6 is 11.6 Å². The van der Waals surface area contributed by atoms with Gasteiger partial charge in [-0.05, 0) is 42.0 Å². The fourth-order valence-corrected chi connectivity index (χ4v) is 2.98. The van der Waals surface area contributed by atoms with Gasteiger partial charge in [-0.25, -0.2) is 0 Å². The molecule has 0 radical (unpaired) electrons. The number of nitriles is 1. The molecular weight excluding hydrogens is 400 g/mol. The second-order valence-corrected chi connectivity index (χ2v) is 6.72. The normalized spacial score (nSPS) is 10.8. The summed E-state index contributed by atoms with van der Waals surface area (Å²) < 4.78 is 11.4. The fraction of sp³-hybridized carbons (Fsp3) is 0.0833. The SMILES string of the molecule is COc1cccc(/C=C(\C#N)C(=O)Nc2ccccc2)c1OCc1cccc(Cl)c1. The minimum atomic E-state index is -0.507. The molecule has 3 aromatic carbocycles. The van der Waals surface area contributed by atoms with Crippen LogP contribution in [0.25, 0.3) is 6.08 Å². The molecule has 30 heavy (non-hydrogen) atoms. The molecule has 0 heterocycles. The van der Waals surface area contributed by atoms with E-state index in [9.17, 15) is 10.1 Å². The van der Waals surface area contributed by atoms with E-state index in [0.717, 1.165) is 5.56 Å². The van der Waals surface area contributed by atoms with E-state index in [2.05, 4.69) is 5.32 Å². The molecule has 3 aromatic rings. The first-order valence-corrected chi connectivity index (χ1v) is 9.51. The van der Waals surface area contributed by atoms with E-state index < -0.39 is 5.91 Å². The Morgan fingerprint density at radius 1 is 1.10 bits per heavy atom. The maximum atomic E-state index is 12.5. The van der Waals surface area contributed by atoms with Crippen molar-refractivity contribution in [2.75, 3.05) is 12.4 Å². The number of para-hydroxylation sites is 2.